The molecule has 0 aliphatic rings. The highest BCUT2D eigenvalue weighted by Gasteiger charge is 2.20. The van der Waals surface area contributed by atoms with Gasteiger partial charge in [-0.15, -0.1) is 0 Å². The number of amides is 1. The van der Waals surface area contributed by atoms with Gasteiger partial charge < -0.3 is 5.73 Å². The summed E-state index contributed by atoms with van der Waals surface area (Å²) >= 11 is 6.40. The molecule has 6 nitrogen and oxygen atoms in total. The van der Waals surface area contributed by atoms with Gasteiger partial charge in [-0.05, 0) is 18.2 Å². The van der Waals surface area contributed by atoms with E-state index >= 15 is 0 Å². The third-order valence-electron chi connectivity index (χ3n) is 3.05. The van der Waals surface area contributed by atoms with Crippen molar-refractivity contribution in [3.8, 4) is 0 Å². The van der Waals surface area contributed by atoms with Gasteiger partial charge in [0, 0.05) is 31.1 Å². The minimum atomic E-state index is -0.209. The Morgan fingerprint density at radius 1 is 1.33 bits per heavy atom. The maximum Gasteiger partial charge on any atom is 0.229 e. The van der Waals surface area contributed by atoms with Gasteiger partial charge in [-0.25, -0.2) is 9.50 Å². The molecule has 2 N–H and O–H groups in total. The van der Waals surface area contributed by atoms with Crippen LogP contribution >= 0.6 is 11.6 Å². The predicted octanol–water partition coefficient (Wildman–Crippen LogP) is 2.65. The highest BCUT2D eigenvalue weighted by atomic mass is 35.5. The van der Waals surface area contributed by atoms with Gasteiger partial charge in [-0.1, -0.05) is 11.6 Å². The number of nitrogens with zero attached hydrogens (tertiary/aromatic N) is 4. The number of carbonyl (C=O) groups excluding carboxylic acids is 1. The van der Waals surface area contributed by atoms with E-state index in [1.165, 1.54) is 11.8 Å². The Bertz CT molecular complexity index is 829. The van der Waals surface area contributed by atoms with Crippen molar-refractivity contribution in [2.45, 2.75) is 6.92 Å². The fourth-order valence-corrected chi connectivity index (χ4v) is 2.43. The van der Waals surface area contributed by atoms with Crippen LogP contribution in [0.5, 0.6) is 0 Å². The summed E-state index contributed by atoms with van der Waals surface area (Å²) in [5, 5.41) is 4.53. The topological polar surface area (TPSA) is 76.5 Å². The Kier molecular flexibility index (Phi) is 3.23. The highest BCUT2D eigenvalue weighted by Crippen LogP contribution is 2.34. The van der Waals surface area contributed by atoms with E-state index in [4.69, 9.17) is 17.3 Å². The molecule has 7 heteroatoms. The Hall–Kier alpha value is -2.60. The molecular formula is C14H12ClN5O. The third kappa shape index (κ3) is 2.30. The van der Waals surface area contributed by atoms with Crippen molar-refractivity contribution >= 4 is 40.2 Å². The molecule has 106 valence electrons. The van der Waals surface area contributed by atoms with Crippen LogP contribution in [0.25, 0.3) is 5.52 Å². The van der Waals surface area contributed by atoms with Crippen molar-refractivity contribution in [2.75, 3.05) is 10.6 Å². The maximum atomic E-state index is 12.0. The molecular weight excluding hydrogens is 290 g/mol. The van der Waals surface area contributed by atoms with Crippen LogP contribution in [0.2, 0.25) is 5.02 Å². The first-order valence-electron chi connectivity index (χ1n) is 6.22. The maximum absolute atomic E-state index is 12.0. The zero-order chi connectivity index (χ0) is 15.0. The standard InChI is InChI=1S/C14H12ClN5O/c1-9(21)20(13-8-10(16)2-5-17-13)12-4-7-19-11(14(12)15)3-6-18-19/h2-8H,1H3,(H2,16,17). The van der Waals surface area contributed by atoms with Gasteiger partial charge in [0.05, 0.1) is 22.4 Å². The molecule has 0 aliphatic carbocycles. The zero-order valence-electron chi connectivity index (χ0n) is 11.2. The van der Waals surface area contributed by atoms with E-state index in [-0.39, 0.29) is 5.91 Å². The summed E-state index contributed by atoms with van der Waals surface area (Å²) in [6, 6.07) is 6.77. The Labute approximate surface area is 125 Å². The van der Waals surface area contributed by atoms with E-state index in [0.29, 0.717) is 27.7 Å². The van der Waals surface area contributed by atoms with Gasteiger partial charge in [0.25, 0.3) is 0 Å². The fourth-order valence-electron chi connectivity index (χ4n) is 2.14. The summed E-state index contributed by atoms with van der Waals surface area (Å²) in [7, 11) is 0. The number of hydrogen-bond acceptors (Lipinski definition) is 4. The average Bonchev–Trinajstić information content (AvgIpc) is 2.91. The number of pyridine rings is 2. The molecule has 0 aromatic carbocycles. The zero-order valence-corrected chi connectivity index (χ0v) is 11.9. The Morgan fingerprint density at radius 2 is 2.14 bits per heavy atom. The highest BCUT2D eigenvalue weighted by molar-refractivity contribution is 6.37. The first-order valence-corrected chi connectivity index (χ1v) is 6.60. The number of fused-ring (bicyclic) bond motifs is 1. The number of aromatic nitrogens is 3. The number of carbonyl (C=O) groups is 1. The molecule has 0 spiro atoms. The number of hydrogen-bond donors (Lipinski definition) is 1. The molecule has 0 atom stereocenters. The second-order valence-electron chi connectivity index (χ2n) is 4.48. The fraction of sp³-hybridized carbons (Fsp3) is 0.0714. The van der Waals surface area contributed by atoms with Crippen LogP contribution < -0.4 is 10.6 Å². The lowest BCUT2D eigenvalue weighted by atomic mass is 10.3. The van der Waals surface area contributed by atoms with Gasteiger partial charge in [0.15, 0.2) is 0 Å². The first kappa shape index (κ1) is 13.4. The molecule has 3 aromatic rings. The second kappa shape index (κ2) is 5.06. The first-order chi connectivity index (χ1) is 10.1. The minimum Gasteiger partial charge on any atom is -0.399 e. The van der Waals surface area contributed by atoms with Gasteiger partial charge in [-0.2, -0.15) is 5.10 Å². The van der Waals surface area contributed by atoms with E-state index in [0.717, 1.165) is 0 Å². The normalized spacial score (nSPS) is 10.8. The number of nitrogen functional groups attached to an aromatic ring is 1. The van der Waals surface area contributed by atoms with Crippen LogP contribution in [0.15, 0.2) is 42.9 Å². The summed E-state index contributed by atoms with van der Waals surface area (Å²) in [4.78, 5) is 17.7. The molecule has 3 heterocycles. The predicted molar refractivity (Wildman–Crippen MR) is 81.7 cm³/mol. The van der Waals surface area contributed by atoms with Crippen LogP contribution in [-0.2, 0) is 4.79 Å². The lowest BCUT2D eigenvalue weighted by Gasteiger charge is -2.21. The second-order valence-corrected chi connectivity index (χ2v) is 4.86. The quantitative estimate of drug-likeness (QED) is 0.789. The van der Waals surface area contributed by atoms with Crippen molar-refractivity contribution in [3.05, 3.63) is 47.9 Å². The molecule has 0 radical (unpaired) electrons. The molecule has 0 saturated heterocycles. The molecule has 0 bridgehead atoms. The molecule has 0 unspecified atom stereocenters. The molecule has 21 heavy (non-hydrogen) atoms. The number of nitrogens with two attached hydrogens (primary N) is 1. The number of anilines is 3. The summed E-state index contributed by atoms with van der Waals surface area (Å²) < 4.78 is 1.64. The number of rotatable bonds is 2. The van der Waals surface area contributed by atoms with Crippen molar-refractivity contribution < 1.29 is 4.79 Å². The molecule has 1 amide bonds. The molecule has 3 rings (SSSR count). The van der Waals surface area contributed by atoms with Crippen LogP contribution in [0.1, 0.15) is 6.92 Å². The summed E-state index contributed by atoms with van der Waals surface area (Å²) in [6.45, 7) is 1.45. The Morgan fingerprint density at radius 3 is 2.86 bits per heavy atom. The van der Waals surface area contributed by atoms with E-state index in [9.17, 15) is 4.79 Å². The van der Waals surface area contributed by atoms with Crippen molar-refractivity contribution in [1.82, 2.24) is 14.6 Å². The molecule has 0 aliphatic heterocycles. The van der Waals surface area contributed by atoms with E-state index in [1.807, 2.05) is 0 Å². The summed E-state index contributed by atoms with van der Waals surface area (Å²) in [5.74, 6) is 0.215. The van der Waals surface area contributed by atoms with Crippen LogP contribution in [0.3, 0.4) is 0 Å². The SMILES string of the molecule is CC(=O)N(c1cc(N)ccn1)c1ccn2nccc2c1Cl. The summed E-state index contributed by atoms with van der Waals surface area (Å²) in [6.07, 6.45) is 4.92. The van der Waals surface area contributed by atoms with Crippen molar-refractivity contribution in [3.63, 3.8) is 0 Å². The molecule has 0 saturated carbocycles. The van der Waals surface area contributed by atoms with Crippen LogP contribution in [-0.4, -0.2) is 20.5 Å². The minimum absolute atomic E-state index is 0.209. The van der Waals surface area contributed by atoms with Crippen molar-refractivity contribution in [2.24, 2.45) is 0 Å². The molecule has 3 aromatic heterocycles. The largest absolute Gasteiger partial charge is 0.399 e. The van der Waals surface area contributed by atoms with Crippen molar-refractivity contribution in [1.29, 1.82) is 0 Å². The third-order valence-corrected chi connectivity index (χ3v) is 3.44. The van der Waals surface area contributed by atoms with Gasteiger partial charge >= 0.3 is 0 Å². The summed E-state index contributed by atoms with van der Waals surface area (Å²) in [5.41, 5.74) is 7.53. The van der Waals surface area contributed by atoms with E-state index in [2.05, 4.69) is 10.1 Å². The van der Waals surface area contributed by atoms with Crippen LogP contribution in [0, 0.1) is 0 Å². The van der Waals surface area contributed by atoms with Crippen LogP contribution in [0.4, 0.5) is 17.2 Å². The van der Waals surface area contributed by atoms with E-state index in [1.54, 1.807) is 47.4 Å². The molecule has 0 fully saturated rings. The average molecular weight is 302 g/mol. The lowest BCUT2D eigenvalue weighted by Crippen LogP contribution is -2.24. The smallest absolute Gasteiger partial charge is 0.229 e. The monoisotopic (exact) mass is 301 g/mol. The lowest BCUT2D eigenvalue weighted by molar-refractivity contribution is -0.115. The van der Waals surface area contributed by atoms with Gasteiger partial charge in [0.1, 0.15) is 5.82 Å². The van der Waals surface area contributed by atoms with Gasteiger partial charge in [-0.3, -0.25) is 9.69 Å². The van der Waals surface area contributed by atoms with E-state index < -0.39 is 0 Å². The Balaban J connectivity index is 2.20. The number of halogens is 1. The van der Waals surface area contributed by atoms with Gasteiger partial charge in [0.2, 0.25) is 5.91 Å².